The van der Waals surface area contributed by atoms with Crippen LogP contribution in [0.1, 0.15) is 138 Å². The lowest BCUT2D eigenvalue weighted by Crippen LogP contribution is -2.58. The molecular weight excluding hydrogens is 1350 g/mol. The highest BCUT2D eigenvalue weighted by atomic mass is 35.5. The summed E-state index contributed by atoms with van der Waals surface area (Å²) in [6.45, 7) is 6.72. The molecule has 0 radical (unpaired) electrons. The van der Waals surface area contributed by atoms with Crippen molar-refractivity contribution in [3.8, 4) is 0 Å². The molecule has 3 aliphatic heterocycles. The number of hydrogen-bond donors (Lipinski definition) is 18. The first-order valence-electron chi connectivity index (χ1n) is 33.7. The maximum Gasteiger partial charge on any atom is 0.305 e. The summed E-state index contributed by atoms with van der Waals surface area (Å²) in [4.78, 5) is 107. The Morgan fingerprint density at radius 1 is 0.733 bits per heavy atom. The minimum Gasteiger partial charge on any atom is -0.481 e. The molecule has 0 bridgehead atoms. The highest BCUT2D eigenvalue weighted by Crippen LogP contribution is 2.45. The monoisotopic (exact) mass is 1440 g/mol. The number of carboxylic acids is 1. The van der Waals surface area contributed by atoms with Gasteiger partial charge in [0, 0.05) is 84.0 Å². The number of guanidine groups is 1. The van der Waals surface area contributed by atoms with E-state index >= 15 is 0 Å². The van der Waals surface area contributed by atoms with Crippen molar-refractivity contribution in [3.05, 3.63) is 135 Å². The number of amides is 7. The van der Waals surface area contributed by atoms with Crippen molar-refractivity contribution in [3.63, 3.8) is 0 Å². The van der Waals surface area contributed by atoms with E-state index in [0.29, 0.717) is 66.9 Å². The number of aliphatic carboxylic acids is 1. The fourth-order valence-corrected chi connectivity index (χ4v) is 13.3. The van der Waals surface area contributed by atoms with Crippen LogP contribution < -0.4 is 53.6 Å². The number of nitrogens with two attached hydrogens (primary N) is 1. The van der Waals surface area contributed by atoms with E-state index in [4.69, 9.17) is 22.7 Å². The van der Waals surface area contributed by atoms with Crippen LogP contribution in [-0.4, -0.2) is 195 Å². The Hall–Kier alpha value is -8.88. The Labute approximate surface area is 591 Å². The van der Waals surface area contributed by atoms with E-state index in [1.54, 1.807) is 48.5 Å². The molecule has 101 heavy (non-hydrogen) atoms. The standard InChI is InChI=1S/C70H93ClN12O17S/c1-69(2)45-35-44(101(98,99)100)25-26-47(45)78-55(69)28-23-41-17-13-18-42(60(41)71)24-29-56-70(3,4)46-34-43(63(93)76-37-53(85)61(91)62(92)54(86)39-84)22-27-52(46)83(56)32-12-6-9-21-57(87)74-30-11-10-19-49-65(95)80-48(20-14-31-75-68(72)73)64(94)77-38-58(88)79-51(36-59(89)90)67(97)82-50(66(96)81-49)33-40-15-7-5-8-16-40/h5,7-8,15-16,22-29,34-35,48-51,53-54,61-62,84-86,91-92H,6,9-14,17-21,30-33,36-39H2,1-4H3,(H13,72,73,74,75,76,77,79,80,81,82,87,88,89,90,93,94,95,96,97,98,99,100)/p+1/t48-,49?,50+,51-,53?,54?,61?,62?/m0/s1. The van der Waals surface area contributed by atoms with Crippen LogP contribution >= 0.6 is 11.6 Å². The number of unbranched alkanes of at least 4 members (excludes halogenated alkanes) is 3. The number of fused-ring (bicyclic) bond motifs is 2. The van der Waals surface area contributed by atoms with E-state index in [0.717, 1.165) is 40.2 Å². The van der Waals surface area contributed by atoms with Crippen molar-refractivity contribution in [1.82, 2.24) is 42.5 Å². The van der Waals surface area contributed by atoms with E-state index in [1.165, 1.54) is 12.1 Å². The predicted molar refractivity (Wildman–Crippen MR) is 375 cm³/mol. The van der Waals surface area contributed by atoms with Gasteiger partial charge in [-0.25, -0.2) is 0 Å². The molecule has 19 N–H and O–H groups in total. The van der Waals surface area contributed by atoms with Crippen LogP contribution in [-0.2, 0) is 60.9 Å². The van der Waals surface area contributed by atoms with Gasteiger partial charge in [-0.2, -0.15) is 13.0 Å². The second-order valence-electron chi connectivity index (χ2n) is 26.6. The van der Waals surface area contributed by atoms with Gasteiger partial charge in [-0.1, -0.05) is 67.9 Å². The van der Waals surface area contributed by atoms with Gasteiger partial charge in [0.15, 0.2) is 11.7 Å². The van der Waals surface area contributed by atoms with Gasteiger partial charge in [-0.05, 0) is 137 Å². The van der Waals surface area contributed by atoms with Crippen LogP contribution in [0, 0.1) is 5.41 Å². The molecule has 1 aliphatic carbocycles. The van der Waals surface area contributed by atoms with Crippen LogP contribution in [0.3, 0.4) is 0 Å². The first kappa shape index (κ1) is 79.4. The number of rotatable bonds is 30. The number of carbonyl (C=O) groups is 8. The van der Waals surface area contributed by atoms with E-state index in [2.05, 4.69) is 52.4 Å². The van der Waals surface area contributed by atoms with Crippen molar-refractivity contribution < 1.29 is 86.5 Å². The SMILES string of the molecule is CC1(C)C(/C=C/C2=C(Cl)C(=C/C=C3/Nc4ccc(S(=O)(=O)O)cc4C3(C)C)/CCC2)=[N+](CCCCCC(=O)NCCCCC2NC(=O)[C@@H](Cc3ccccc3)NC(=O)[C@H](CC(=O)O)NC(=O)CNC(=O)[C@H](CCCNC(=N)N)NC2=O)c2ccc(C(=O)NCC(O)C(O)C(O)C(O)CO)cc21. The number of nitrogens with zero attached hydrogens (tertiary/aromatic N) is 1. The third-order valence-electron chi connectivity index (χ3n) is 18.4. The molecular formula is C70H94ClN12O17S+. The normalized spacial score (nSPS) is 21.5. The van der Waals surface area contributed by atoms with Crippen LogP contribution in [0.25, 0.3) is 0 Å². The van der Waals surface area contributed by atoms with Gasteiger partial charge in [0.1, 0.15) is 49.0 Å². The maximum atomic E-state index is 14.3. The summed E-state index contributed by atoms with van der Waals surface area (Å²) < 4.78 is 35.9. The average molecular weight is 1440 g/mol. The molecule has 8 atom stereocenters. The van der Waals surface area contributed by atoms with Crippen molar-refractivity contribution in [2.45, 2.75) is 182 Å². The van der Waals surface area contributed by atoms with E-state index in [-0.39, 0.29) is 73.9 Å². The maximum absolute atomic E-state index is 14.3. The number of carboxylic acid groups (broad SMARTS) is 1. The molecule has 5 unspecified atom stereocenters. The molecule has 3 heterocycles. The first-order valence-corrected chi connectivity index (χ1v) is 35.5. The summed E-state index contributed by atoms with van der Waals surface area (Å²) in [5.74, 6) is -6.87. The molecule has 7 rings (SSSR count). The van der Waals surface area contributed by atoms with Gasteiger partial charge in [-0.15, -0.1) is 0 Å². The van der Waals surface area contributed by atoms with Crippen LogP contribution in [0.4, 0.5) is 11.4 Å². The van der Waals surface area contributed by atoms with Gasteiger partial charge >= 0.3 is 5.97 Å². The quantitative estimate of drug-likeness (QED) is 0.0149. The van der Waals surface area contributed by atoms with Crippen molar-refractivity contribution in [1.29, 1.82) is 5.41 Å². The minimum absolute atomic E-state index is 0.00217. The van der Waals surface area contributed by atoms with Crippen LogP contribution in [0.2, 0.25) is 0 Å². The second-order valence-corrected chi connectivity index (χ2v) is 28.4. The fraction of sp³-hybridized carbons (Fsp3) is 0.486. The summed E-state index contributed by atoms with van der Waals surface area (Å²) in [6.07, 6.45) is 4.65. The highest BCUT2D eigenvalue weighted by Gasteiger charge is 2.45. The number of benzene rings is 3. The number of halogens is 1. The molecule has 0 spiro atoms. The van der Waals surface area contributed by atoms with E-state index in [1.807, 2.05) is 58.1 Å². The van der Waals surface area contributed by atoms with Crippen LogP contribution in [0.15, 0.2) is 118 Å². The molecule has 1 saturated heterocycles. The molecule has 1 fully saturated rings. The molecule has 29 nitrogen and oxygen atoms in total. The highest BCUT2D eigenvalue weighted by molar-refractivity contribution is 7.85. The molecule has 548 valence electrons. The number of aliphatic hydroxyl groups is 5. The molecule has 0 aromatic heterocycles. The minimum atomic E-state index is -4.43. The lowest BCUT2D eigenvalue weighted by Gasteiger charge is -2.26. The van der Waals surface area contributed by atoms with Gasteiger partial charge < -0.3 is 84.2 Å². The molecule has 0 saturated carbocycles. The number of carbonyl (C=O) groups excluding carboxylic acids is 7. The summed E-state index contributed by atoms with van der Waals surface area (Å²) in [5, 5.41) is 92.0. The number of nitrogens with one attached hydrogen (secondary N) is 10. The van der Waals surface area contributed by atoms with Gasteiger partial charge in [0.05, 0.1) is 36.0 Å². The van der Waals surface area contributed by atoms with Crippen molar-refractivity contribution in [2.24, 2.45) is 5.73 Å². The topological polar surface area (TPSA) is 473 Å². The summed E-state index contributed by atoms with van der Waals surface area (Å²) in [7, 11) is -4.43. The second kappa shape index (κ2) is 36.1. The fourth-order valence-electron chi connectivity index (χ4n) is 12.5. The zero-order valence-electron chi connectivity index (χ0n) is 56.9. The Morgan fingerprint density at radius 2 is 1.40 bits per heavy atom. The molecule has 3 aromatic rings. The summed E-state index contributed by atoms with van der Waals surface area (Å²) >= 11 is 7.23. The smallest absolute Gasteiger partial charge is 0.305 e. The summed E-state index contributed by atoms with van der Waals surface area (Å²) in [6, 6.07) is 12.6. The first-order chi connectivity index (χ1) is 47.8. The van der Waals surface area contributed by atoms with E-state index < -0.39 is 137 Å². The number of hydrogen-bond acceptors (Lipinski definition) is 17. The zero-order chi connectivity index (χ0) is 73.9. The van der Waals surface area contributed by atoms with Gasteiger partial charge in [0.2, 0.25) is 41.1 Å². The molecule has 31 heteroatoms. The average Bonchev–Trinajstić information content (AvgIpc) is 1.59. The molecule has 3 aromatic carbocycles. The van der Waals surface area contributed by atoms with Crippen LogP contribution in [0.5, 0.6) is 0 Å². The predicted octanol–water partition coefficient (Wildman–Crippen LogP) is 1.82. The summed E-state index contributed by atoms with van der Waals surface area (Å²) in [5.41, 5.74) is 11.4. The third-order valence-corrected chi connectivity index (χ3v) is 19.7. The third kappa shape index (κ3) is 21.8. The Morgan fingerprint density at radius 3 is 2.09 bits per heavy atom. The Bertz CT molecular complexity index is 3860. The van der Waals surface area contributed by atoms with Crippen molar-refractivity contribution in [2.75, 3.05) is 44.6 Å². The lowest BCUT2D eigenvalue weighted by atomic mass is 9.80. The zero-order valence-corrected chi connectivity index (χ0v) is 58.5. The largest absolute Gasteiger partial charge is 0.481 e. The van der Waals surface area contributed by atoms with Gasteiger partial charge in [-0.3, -0.25) is 48.3 Å². The Kier molecular flexibility index (Phi) is 28.4. The van der Waals surface area contributed by atoms with E-state index in [9.17, 15) is 82.0 Å². The lowest BCUT2D eigenvalue weighted by molar-refractivity contribution is -0.438. The molecule has 4 aliphatic rings. The number of aliphatic hydroxyl groups excluding tert-OH is 5. The van der Waals surface area contributed by atoms with Crippen molar-refractivity contribution >= 4 is 92.1 Å². The number of allylic oxidation sites excluding steroid dienone is 8. The number of anilines is 1. The Balaban J connectivity index is 1.03. The van der Waals surface area contributed by atoms with Gasteiger partial charge in [0.25, 0.3) is 16.0 Å². The molecule has 7 amide bonds.